The van der Waals surface area contributed by atoms with Crippen LogP contribution in [0.15, 0.2) is 10.9 Å². The van der Waals surface area contributed by atoms with Gasteiger partial charge in [-0.25, -0.2) is 0 Å². The molecule has 1 N–H and O–H groups in total. The highest BCUT2D eigenvalue weighted by Gasteiger charge is 2.29. The molecule has 0 saturated heterocycles. The van der Waals surface area contributed by atoms with Gasteiger partial charge in [-0.15, -0.1) is 0 Å². The average molecular weight is 262 g/mol. The molecule has 0 unspecified atom stereocenters. The van der Waals surface area contributed by atoms with Gasteiger partial charge in [-0.1, -0.05) is 13.8 Å². The van der Waals surface area contributed by atoms with Gasteiger partial charge in [0, 0.05) is 5.92 Å². The first kappa shape index (κ1) is 12.7. The van der Waals surface area contributed by atoms with Crippen molar-refractivity contribution in [3.8, 4) is 5.88 Å². The lowest BCUT2D eigenvalue weighted by Gasteiger charge is -2.34. The minimum Gasteiger partial charge on any atom is -0.474 e. The zero-order chi connectivity index (χ0) is 13.5. The first-order valence-corrected chi connectivity index (χ1v) is 7.30. The summed E-state index contributed by atoms with van der Waals surface area (Å²) in [6, 6.07) is 1.48. The van der Waals surface area contributed by atoms with Crippen molar-refractivity contribution < 1.29 is 4.74 Å². The van der Waals surface area contributed by atoms with Crippen LogP contribution in [-0.4, -0.2) is 16.1 Å². The Bertz CT molecular complexity index is 507. The number of nitrogens with zero attached hydrogens (tertiary/aromatic N) is 1. The van der Waals surface area contributed by atoms with Crippen LogP contribution in [0.3, 0.4) is 0 Å². The van der Waals surface area contributed by atoms with Crippen LogP contribution in [-0.2, 0) is 0 Å². The number of nitrogens with one attached hydrogen (secondary N) is 1. The molecule has 4 nitrogen and oxygen atoms in total. The molecule has 1 aromatic rings. The molecule has 2 aliphatic carbocycles. The van der Waals surface area contributed by atoms with Crippen LogP contribution in [0.2, 0.25) is 0 Å². The monoisotopic (exact) mass is 262 g/mol. The molecule has 3 rings (SSSR count). The maximum absolute atomic E-state index is 11.6. The first-order valence-electron chi connectivity index (χ1n) is 7.30. The maximum atomic E-state index is 11.6. The van der Waals surface area contributed by atoms with Crippen molar-refractivity contribution in [1.82, 2.24) is 9.97 Å². The summed E-state index contributed by atoms with van der Waals surface area (Å²) < 4.78 is 5.92. The highest BCUT2D eigenvalue weighted by atomic mass is 16.5. The fraction of sp³-hybridized carbons (Fsp3) is 0.733. The highest BCUT2D eigenvalue weighted by Crippen LogP contribution is 2.39. The highest BCUT2D eigenvalue weighted by molar-refractivity contribution is 5.14. The lowest BCUT2D eigenvalue weighted by molar-refractivity contribution is 0.0944. The topological polar surface area (TPSA) is 55.0 Å². The summed E-state index contributed by atoms with van der Waals surface area (Å²) >= 11 is 0. The lowest BCUT2D eigenvalue weighted by Crippen LogP contribution is -2.29. The number of H-pyrrole nitrogens is 1. The number of rotatable bonds is 3. The van der Waals surface area contributed by atoms with Crippen molar-refractivity contribution in [2.45, 2.75) is 64.4 Å². The van der Waals surface area contributed by atoms with Crippen LogP contribution in [0.5, 0.6) is 5.88 Å². The Morgan fingerprint density at radius 3 is 2.58 bits per heavy atom. The Balaban J connectivity index is 1.68. The van der Waals surface area contributed by atoms with E-state index in [1.165, 1.54) is 18.9 Å². The average Bonchev–Trinajstić information content (AvgIpc) is 3.15. The quantitative estimate of drug-likeness (QED) is 0.911. The largest absolute Gasteiger partial charge is 0.474 e. The number of hydrogen-bond donors (Lipinski definition) is 1. The third kappa shape index (κ3) is 3.17. The SMILES string of the molecule is CC1(C)CCC(Oc2cc(=O)[nH]c(C3CC3)n2)CC1. The zero-order valence-corrected chi connectivity index (χ0v) is 11.7. The molecule has 4 heteroatoms. The van der Waals surface area contributed by atoms with Crippen LogP contribution in [0.4, 0.5) is 0 Å². The molecule has 0 aliphatic heterocycles. The molecule has 1 heterocycles. The number of aromatic amines is 1. The van der Waals surface area contributed by atoms with Gasteiger partial charge in [-0.3, -0.25) is 4.79 Å². The fourth-order valence-corrected chi connectivity index (χ4v) is 2.73. The summed E-state index contributed by atoms with van der Waals surface area (Å²) in [6.07, 6.45) is 6.94. The number of hydrogen-bond acceptors (Lipinski definition) is 3. The fourth-order valence-electron chi connectivity index (χ4n) is 2.73. The van der Waals surface area contributed by atoms with E-state index in [1.807, 2.05) is 0 Å². The second kappa shape index (κ2) is 4.66. The van der Waals surface area contributed by atoms with Crippen LogP contribution in [0, 0.1) is 5.41 Å². The molecule has 2 aliphatic rings. The van der Waals surface area contributed by atoms with E-state index in [4.69, 9.17) is 4.74 Å². The van der Waals surface area contributed by atoms with Crippen LogP contribution < -0.4 is 10.3 Å². The Morgan fingerprint density at radius 1 is 1.26 bits per heavy atom. The van der Waals surface area contributed by atoms with E-state index in [1.54, 1.807) is 0 Å². The molecule has 19 heavy (non-hydrogen) atoms. The van der Waals surface area contributed by atoms with E-state index in [-0.39, 0.29) is 11.7 Å². The lowest BCUT2D eigenvalue weighted by atomic mass is 9.76. The van der Waals surface area contributed by atoms with E-state index in [2.05, 4.69) is 23.8 Å². The maximum Gasteiger partial charge on any atom is 0.254 e. The molecule has 0 aromatic carbocycles. The first-order chi connectivity index (χ1) is 9.02. The van der Waals surface area contributed by atoms with Gasteiger partial charge >= 0.3 is 0 Å². The minimum absolute atomic E-state index is 0.0944. The third-order valence-corrected chi connectivity index (χ3v) is 4.27. The van der Waals surface area contributed by atoms with Gasteiger partial charge < -0.3 is 9.72 Å². The zero-order valence-electron chi connectivity index (χ0n) is 11.7. The second-order valence-electron chi connectivity index (χ2n) is 6.72. The summed E-state index contributed by atoms with van der Waals surface area (Å²) in [5.41, 5.74) is 0.337. The Kier molecular flexibility index (Phi) is 3.11. The van der Waals surface area contributed by atoms with Gasteiger partial charge in [0.05, 0.1) is 6.07 Å². The van der Waals surface area contributed by atoms with Gasteiger partial charge in [0.25, 0.3) is 5.56 Å². The van der Waals surface area contributed by atoms with E-state index in [0.717, 1.165) is 31.5 Å². The van der Waals surface area contributed by atoms with Crippen molar-refractivity contribution >= 4 is 0 Å². The van der Waals surface area contributed by atoms with Crippen LogP contribution >= 0.6 is 0 Å². The van der Waals surface area contributed by atoms with Crippen molar-refractivity contribution in [1.29, 1.82) is 0 Å². The number of ether oxygens (including phenoxy) is 1. The molecule has 0 atom stereocenters. The normalized spacial score (nSPS) is 23.3. The predicted molar refractivity (Wildman–Crippen MR) is 73.5 cm³/mol. The summed E-state index contributed by atoms with van der Waals surface area (Å²) in [6.45, 7) is 4.61. The van der Waals surface area contributed by atoms with Gasteiger partial charge in [0.1, 0.15) is 11.9 Å². The molecular formula is C15H22N2O2. The molecule has 1 aromatic heterocycles. The summed E-state index contributed by atoms with van der Waals surface area (Å²) in [5, 5.41) is 0. The summed E-state index contributed by atoms with van der Waals surface area (Å²) in [7, 11) is 0. The van der Waals surface area contributed by atoms with Crippen LogP contribution in [0.1, 0.15) is 64.1 Å². The molecular weight excluding hydrogens is 240 g/mol. The van der Waals surface area contributed by atoms with Gasteiger partial charge in [-0.2, -0.15) is 4.98 Å². The van der Waals surface area contributed by atoms with Crippen molar-refractivity contribution in [2.24, 2.45) is 5.41 Å². The molecule has 0 amide bonds. The van der Waals surface area contributed by atoms with E-state index in [0.29, 0.717) is 17.2 Å². The molecule has 104 valence electrons. The van der Waals surface area contributed by atoms with Crippen molar-refractivity contribution in [2.75, 3.05) is 0 Å². The molecule has 0 radical (unpaired) electrons. The third-order valence-electron chi connectivity index (χ3n) is 4.27. The van der Waals surface area contributed by atoms with E-state index >= 15 is 0 Å². The van der Waals surface area contributed by atoms with Crippen molar-refractivity contribution in [3.63, 3.8) is 0 Å². The number of aromatic nitrogens is 2. The standard InChI is InChI=1S/C15H22N2O2/c1-15(2)7-5-11(6-8-15)19-13-9-12(18)16-14(17-13)10-3-4-10/h9-11H,3-8H2,1-2H3,(H,16,17,18). The van der Waals surface area contributed by atoms with E-state index in [9.17, 15) is 4.79 Å². The molecule has 0 spiro atoms. The molecule has 2 fully saturated rings. The van der Waals surface area contributed by atoms with Gasteiger partial charge in [0.2, 0.25) is 5.88 Å². The Labute approximate surface area is 113 Å². The molecule has 2 saturated carbocycles. The Hall–Kier alpha value is -1.32. The smallest absolute Gasteiger partial charge is 0.254 e. The van der Waals surface area contributed by atoms with Gasteiger partial charge in [-0.05, 0) is 43.9 Å². The predicted octanol–water partition coefficient (Wildman–Crippen LogP) is 2.99. The summed E-state index contributed by atoms with van der Waals surface area (Å²) in [5.74, 6) is 1.76. The minimum atomic E-state index is -0.0944. The Morgan fingerprint density at radius 2 is 1.95 bits per heavy atom. The van der Waals surface area contributed by atoms with Gasteiger partial charge in [0.15, 0.2) is 0 Å². The van der Waals surface area contributed by atoms with Crippen molar-refractivity contribution in [3.05, 3.63) is 22.2 Å². The second-order valence-corrected chi connectivity index (χ2v) is 6.72. The molecule has 0 bridgehead atoms. The van der Waals surface area contributed by atoms with Crippen LogP contribution in [0.25, 0.3) is 0 Å². The van der Waals surface area contributed by atoms with E-state index < -0.39 is 0 Å². The summed E-state index contributed by atoms with van der Waals surface area (Å²) in [4.78, 5) is 18.9.